The zero-order valence-electron chi connectivity index (χ0n) is 15.7. The highest BCUT2D eigenvalue weighted by Crippen LogP contribution is 2.45. The number of rotatable bonds is 4. The molecule has 1 saturated heterocycles. The van der Waals surface area contributed by atoms with Gasteiger partial charge >= 0.3 is 0 Å². The number of nitrogens with one attached hydrogen (secondary N) is 1. The molecule has 1 aromatic carbocycles. The quantitative estimate of drug-likeness (QED) is 0.398. The maximum Gasteiger partial charge on any atom is 0.194 e. The Bertz CT molecular complexity index is 726. The van der Waals surface area contributed by atoms with Crippen molar-refractivity contribution in [2.24, 2.45) is 10.4 Å². The maximum absolute atomic E-state index is 11.5. The molecule has 0 radical (unpaired) electrons. The molecule has 26 heavy (non-hydrogen) atoms. The number of hydrogen-bond acceptors (Lipinski definition) is 3. The van der Waals surface area contributed by atoms with Gasteiger partial charge in [-0.25, -0.2) is 13.4 Å². The van der Waals surface area contributed by atoms with Gasteiger partial charge in [-0.1, -0.05) is 25.0 Å². The Labute approximate surface area is 174 Å². The first kappa shape index (κ1) is 21.5. The van der Waals surface area contributed by atoms with Crippen LogP contribution in [0.15, 0.2) is 34.2 Å². The highest BCUT2D eigenvalue weighted by atomic mass is 127. The molecule has 0 bridgehead atoms. The van der Waals surface area contributed by atoms with Gasteiger partial charge in [-0.15, -0.1) is 24.0 Å². The van der Waals surface area contributed by atoms with Crippen LogP contribution in [0.25, 0.3) is 0 Å². The number of hydrogen-bond donors (Lipinski definition) is 1. The van der Waals surface area contributed by atoms with Crippen molar-refractivity contribution in [3.05, 3.63) is 29.8 Å². The summed E-state index contributed by atoms with van der Waals surface area (Å²) in [5, 5.41) is 3.42. The molecule has 1 aliphatic heterocycles. The van der Waals surface area contributed by atoms with E-state index in [1.807, 2.05) is 12.1 Å². The highest BCUT2D eigenvalue weighted by Gasteiger charge is 2.41. The molecule has 2 aliphatic rings. The molecular weight excluding hydrogens is 461 g/mol. The first-order valence-electron chi connectivity index (χ1n) is 9.24. The third kappa shape index (κ3) is 5.12. The van der Waals surface area contributed by atoms with Crippen LogP contribution in [0.5, 0.6) is 0 Å². The summed E-state index contributed by atoms with van der Waals surface area (Å²) >= 11 is 0. The molecule has 0 atom stereocenters. The number of likely N-dealkylation sites (tertiary alicyclic amines) is 1. The van der Waals surface area contributed by atoms with Crippen LogP contribution in [0.1, 0.15) is 44.6 Å². The van der Waals surface area contributed by atoms with Crippen LogP contribution < -0.4 is 5.32 Å². The Balaban J connectivity index is 0.00000243. The lowest BCUT2D eigenvalue weighted by molar-refractivity contribution is 0.309. The van der Waals surface area contributed by atoms with Crippen LogP contribution in [0.2, 0.25) is 0 Å². The normalized spacial score (nSPS) is 19.6. The summed E-state index contributed by atoms with van der Waals surface area (Å²) in [5.41, 5.74) is 1.55. The second kappa shape index (κ2) is 8.91. The Morgan fingerprint density at radius 2 is 1.85 bits per heavy atom. The molecule has 1 saturated carbocycles. The summed E-state index contributed by atoms with van der Waals surface area (Å²) < 4.78 is 23.1. The molecular formula is C19H30IN3O2S. The zero-order valence-corrected chi connectivity index (χ0v) is 18.8. The monoisotopic (exact) mass is 491 g/mol. The average Bonchev–Trinajstić information content (AvgIpc) is 3.21. The number of aliphatic imine (C=N–C) groups is 1. The van der Waals surface area contributed by atoms with Gasteiger partial charge in [-0.05, 0) is 49.3 Å². The smallest absolute Gasteiger partial charge is 0.194 e. The van der Waals surface area contributed by atoms with E-state index in [9.17, 15) is 8.42 Å². The molecule has 1 N–H and O–H groups in total. The number of halogens is 1. The minimum atomic E-state index is -3.14. The number of benzene rings is 1. The molecule has 7 heteroatoms. The van der Waals surface area contributed by atoms with Gasteiger partial charge in [0.25, 0.3) is 0 Å². The fourth-order valence-electron chi connectivity index (χ4n) is 4.08. The third-order valence-corrected chi connectivity index (χ3v) is 6.63. The Morgan fingerprint density at radius 1 is 1.19 bits per heavy atom. The van der Waals surface area contributed by atoms with E-state index >= 15 is 0 Å². The Morgan fingerprint density at radius 3 is 2.42 bits per heavy atom. The van der Waals surface area contributed by atoms with Crippen molar-refractivity contribution >= 4 is 39.8 Å². The predicted octanol–water partition coefficient (Wildman–Crippen LogP) is 3.44. The van der Waals surface area contributed by atoms with Crippen LogP contribution >= 0.6 is 24.0 Å². The molecule has 2 fully saturated rings. The molecule has 146 valence electrons. The van der Waals surface area contributed by atoms with Gasteiger partial charge in [0.2, 0.25) is 0 Å². The fourth-order valence-corrected chi connectivity index (χ4v) is 4.71. The van der Waals surface area contributed by atoms with E-state index in [0.717, 1.165) is 31.2 Å². The van der Waals surface area contributed by atoms with Gasteiger partial charge in [-0.3, -0.25) is 0 Å². The molecule has 1 heterocycles. The van der Waals surface area contributed by atoms with Gasteiger partial charge in [0.1, 0.15) is 0 Å². The number of guanidine groups is 1. The van der Waals surface area contributed by atoms with Crippen molar-refractivity contribution < 1.29 is 8.42 Å². The predicted molar refractivity (Wildman–Crippen MR) is 117 cm³/mol. The summed E-state index contributed by atoms with van der Waals surface area (Å²) in [6.45, 7) is 5.72. The van der Waals surface area contributed by atoms with Crippen molar-refractivity contribution in [2.45, 2.75) is 50.5 Å². The van der Waals surface area contributed by atoms with Crippen molar-refractivity contribution in [1.82, 2.24) is 10.2 Å². The molecule has 1 spiro atoms. The van der Waals surface area contributed by atoms with Gasteiger partial charge in [0.15, 0.2) is 15.8 Å². The van der Waals surface area contributed by atoms with Gasteiger partial charge in [-0.2, -0.15) is 0 Å². The van der Waals surface area contributed by atoms with E-state index in [-0.39, 0.29) is 24.0 Å². The van der Waals surface area contributed by atoms with Crippen LogP contribution in [0.4, 0.5) is 0 Å². The molecule has 5 nitrogen and oxygen atoms in total. The van der Waals surface area contributed by atoms with E-state index in [4.69, 9.17) is 4.99 Å². The topological polar surface area (TPSA) is 61.8 Å². The summed E-state index contributed by atoms with van der Waals surface area (Å²) in [7, 11) is -3.14. The lowest BCUT2D eigenvalue weighted by atomic mass is 9.86. The highest BCUT2D eigenvalue weighted by molar-refractivity contribution is 14.0. The van der Waals surface area contributed by atoms with E-state index in [2.05, 4.69) is 17.1 Å². The Kier molecular flexibility index (Phi) is 7.35. The van der Waals surface area contributed by atoms with Gasteiger partial charge in [0.05, 0.1) is 11.4 Å². The molecule has 0 unspecified atom stereocenters. The summed E-state index contributed by atoms with van der Waals surface area (Å²) in [6, 6.07) is 7.03. The number of nitrogens with zero attached hydrogens (tertiary/aromatic N) is 2. The lowest BCUT2D eigenvalue weighted by Crippen LogP contribution is -2.41. The second-order valence-corrected chi connectivity index (χ2v) is 9.48. The summed E-state index contributed by atoms with van der Waals surface area (Å²) in [6.07, 6.45) is 7.96. The first-order valence-corrected chi connectivity index (χ1v) is 11.1. The van der Waals surface area contributed by atoms with Crippen LogP contribution in [0, 0.1) is 5.41 Å². The average molecular weight is 491 g/mol. The Hall–Kier alpha value is -0.830. The van der Waals surface area contributed by atoms with Gasteiger partial charge < -0.3 is 10.2 Å². The fraction of sp³-hybridized carbons (Fsp3) is 0.632. The summed E-state index contributed by atoms with van der Waals surface area (Å²) in [5.74, 6) is 0.985. The van der Waals surface area contributed by atoms with Crippen molar-refractivity contribution in [3.8, 4) is 0 Å². The number of sulfone groups is 1. The van der Waals surface area contributed by atoms with Crippen LogP contribution in [-0.2, 0) is 16.4 Å². The van der Waals surface area contributed by atoms with Crippen LogP contribution in [0.3, 0.4) is 0 Å². The lowest BCUT2D eigenvalue weighted by Gasteiger charge is -2.26. The molecule has 0 aromatic heterocycles. The van der Waals surface area contributed by atoms with Crippen molar-refractivity contribution in [3.63, 3.8) is 0 Å². The zero-order chi connectivity index (χ0) is 17.9. The van der Waals surface area contributed by atoms with E-state index in [1.54, 1.807) is 12.1 Å². The molecule has 0 amide bonds. The largest absolute Gasteiger partial charge is 0.357 e. The van der Waals surface area contributed by atoms with Gasteiger partial charge in [0, 0.05) is 25.9 Å². The standard InChI is InChI=1S/C19H29N3O2S.HI/c1-3-20-18(22-13-12-19(15-22)10-4-5-11-19)21-14-16-6-8-17(9-7-16)25(2,23)24;/h6-9H,3-5,10-15H2,1-2H3,(H,20,21);1H. The third-order valence-electron chi connectivity index (χ3n) is 5.50. The molecule has 3 rings (SSSR count). The first-order chi connectivity index (χ1) is 11.9. The minimum absolute atomic E-state index is 0. The van der Waals surface area contributed by atoms with E-state index in [1.165, 1.54) is 38.4 Å². The van der Waals surface area contributed by atoms with E-state index in [0.29, 0.717) is 16.9 Å². The molecule has 1 aliphatic carbocycles. The summed E-state index contributed by atoms with van der Waals surface area (Å²) in [4.78, 5) is 7.55. The van der Waals surface area contributed by atoms with Crippen molar-refractivity contribution in [2.75, 3.05) is 25.9 Å². The van der Waals surface area contributed by atoms with E-state index < -0.39 is 9.84 Å². The van der Waals surface area contributed by atoms with Crippen LogP contribution in [-0.4, -0.2) is 45.2 Å². The minimum Gasteiger partial charge on any atom is -0.357 e. The SMILES string of the molecule is CCNC(=NCc1ccc(S(C)(=O)=O)cc1)N1CCC2(CCCC2)C1.I. The van der Waals surface area contributed by atoms with Crippen molar-refractivity contribution in [1.29, 1.82) is 0 Å². The molecule has 1 aromatic rings. The second-order valence-electron chi connectivity index (χ2n) is 7.46. The maximum atomic E-state index is 11.5.